The number of nitrogens with one attached hydrogen (secondary N) is 2. The van der Waals surface area contributed by atoms with Crippen molar-refractivity contribution in [2.45, 2.75) is 165 Å². The van der Waals surface area contributed by atoms with Gasteiger partial charge in [0.2, 0.25) is 27.7 Å². The average molecular weight is 1230 g/mol. The predicted octanol–water partition coefficient (Wildman–Crippen LogP) is 6.57. The van der Waals surface area contributed by atoms with Crippen LogP contribution in [0.3, 0.4) is 0 Å². The first-order chi connectivity index (χ1) is 36.4. The Labute approximate surface area is 474 Å². The Morgan fingerprint density at radius 3 is 1.99 bits per heavy atom. The lowest BCUT2D eigenvalue weighted by Gasteiger charge is -2.40. The third kappa shape index (κ3) is 16.8. The number of likely N-dealkylation sites (N-methyl/N-ethyl adjacent to an activating group) is 2. The van der Waals surface area contributed by atoms with E-state index in [1.54, 1.807) is 52.9 Å². The van der Waals surface area contributed by atoms with Crippen molar-refractivity contribution in [3.05, 3.63) is 47.3 Å². The summed E-state index contributed by atoms with van der Waals surface area (Å²) in [5.74, 6) is -2.92. The standard InChI is InChI=1S/C55H86Br2N8O11S/c1-33(2)42(27-46(66)49(34(3)4)61(8)9)54(70)62(10)50(35(5)6)47(74-11)28-48(67)64-23-13-14-44(64)51(75-12)36(7)52(68)59-43(53(69)60-77(72,73)41-19-20-41)26-37-15-17-40(18-16-37)76-55(71)63-24-21-38(22-25-63)32-65-45(30-57)39(29-56)31-58-65/h15-18,31,33-36,38,41-44,47,49-51H,13-14,19-30,32H2,1-12H3,(H,59,68)(H,60,69)/t36-,42+,43+,44+,47-,49+,50+,51-/m1/s1. The fraction of sp³-hybridized carbons (Fsp3) is 0.727. The Morgan fingerprint density at radius 1 is 0.805 bits per heavy atom. The molecule has 2 N–H and O–H groups in total. The first-order valence-electron chi connectivity index (χ1n) is 27.2. The number of benzene rings is 1. The summed E-state index contributed by atoms with van der Waals surface area (Å²) < 4.78 is 48.1. The van der Waals surface area contributed by atoms with E-state index in [1.807, 2.05) is 71.4 Å². The molecule has 5 rings (SSSR count). The monoisotopic (exact) mass is 1220 g/mol. The van der Waals surface area contributed by atoms with E-state index in [9.17, 15) is 37.2 Å². The van der Waals surface area contributed by atoms with E-state index in [1.165, 1.54) is 14.2 Å². The number of likely N-dealkylation sites (tertiary alicyclic amines) is 2. The van der Waals surface area contributed by atoms with Crippen LogP contribution in [0, 0.1) is 35.5 Å². The van der Waals surface area contributed by atoms with Crippen molar-refractivity contribution in [3.63, 3.8) is 0 Å². The lowest BCUT2D eigenvalue weighted by Crippen LogP contribution is -2.55. The zero-order valence-corrected chi connectivity index (χ0v) is 51.3. The van der Waals surface area contributed by atoms with Gasteiger partial charge in [0.1, 0.15) is 11.8 Å². The van der Waals surface area contributed by atoms with Crippen LogP contribution in [0.2, 0.25) is 0 Å². The number of sulfonamides is 1. The molecule has 1 aliphatic carbocycles. The van der Waals surface area contributed by atoms with Crippen LogP contribution in [0.25, 0.3) is 0 Å². The van der Waals surface area contributed by atoms with E-state index in [0.717, 1.165) is 36.0 Å². The van der Waals surface area contributed by atoms with Crippen LogP contribution in [0.5, 0.6) is 5.75 Å². The van der Waals surface area contributed by atoms with E-state index >= 15 is 0 Å². The second kappa shape index (κ2) is 29.0. The summed E-state index contributed by atoms with van der Waals surface area (Å²) >= 11 is 7.10. The number of halogens is 2. The molecule has 2 aliphatic heterocycles. The number of hydrogen-bond donors (Lipinski definition) is 2. The van der Waals surface area contributed by atoms with Crippen LogP contribution in [-0.4, -0.2) is 170 Å². The maximum absolute atomic E-state index is 14.5. The Bertz CT molecular complexity index is 2420. The van der Waals surface area contributed by atoms with Gasteiger partial charge in [-0.2, -0.15) is 5.10 Å². The van der Waals surface area contributed by atoms with Crippen LogP contribution < -0.4 is 14.8 Å². The number of ether oxygens (including phenoxy) is 3. The molecular weight excluding hydrogens is 1140 g/mol. The molecule has 432 valence electrons. The lowest BCUT2D eigenvalue weighted by atomic mass is 9.84. The highest BCUT2D eigenvalue weighted by Gasteiger charge is 2.44. The van der Waals surface area contributed by atoms with Gasteiger partial charge in [-0.15, -0.1) is 0 Å². The minimum atomic E-state index is -3.98. The molecule has 3 heterocycles. The van der Waals surface area contributed by atoms with Crippen molar-refractivity contribution in [1.82, 2.24) is 39.4 Å². The van der Waals surface area contributed by atoms with Gasteiger partial charge < -0.3 is 34.2 Å². The second-order valence-corrected chi connectivity index (χ2v) is 25.7. The van der Waals surface area contributed by atoms with Crippen molar-refractivity contribution in [2.75, 3.05) is 55.0 Å². The molecule has 2 saturated heterocycles. The minimum absolute atomic E-state index is 0.00544. The number of amides is 5. The van der Waals surface area contributed by atoms with Crippen molar-refractivity contribution in [3.8, 4) is 5.75 Å². The van der Waals surface area contributed by atoms with Crippen LogP contribution >= 0.6 is 31.9 Å². The van der Waals surface area contributed by atoms with Crippen LogP contribution in [-0.2, 0) is 67.1 Å². The topological polar surface area (TPSA) is 219 Å². The fourth-order valence-corrected chi connectivity index (χ4v) is 13.8. The molecule has 0 radical (unpaired) electrons. The normalized spacial score (nSPS) is 19.2. The number of Topliss-reactive ketones (excluding diaryl/α,β-unsaturated/α-hetero) is 1. The second-order valence-electron chi connectivity index (χ2n) is 22.6. The van der Waals surface area contributed by atoms with E-state index in [2.05, 4.69) is 47.0 Å². The zero-order valence-electron chi connectivity index (χ0n) is 47.3. The van der Waals surface area contributed by atoms with E-state index < -0.39 is 75.4 Å². The Morgan fingerprint density at radius 2 is 1.45 bits per heavy atom. The molecule has 19 nitrogen and oxygen atoms in total. The summed E-state index contributed by atoms with van der Waals surface area (Å²) in [5.41, 5.74) is 2.84. The zero-order chi connectivity index (χ0) is 57.1. The van der Waals surface area contributed by atoms with Crippen molar-refractivity contribution < 1.29 is 51.4 Å². The number of methoxy groups -OCH3 is 2. The Balaban J connectivity index is 1.24. The fourth-order valence-electron chi connectivity index (χ4n) is 11.4. The number of aromatic nitrogens is 2. The smallest absolute Gasteiger partial charge is 0.410 e. The van der Waals surface area contributed by atoms with Gasteiger partial charge in [0, 0.05) is 82.4 Å². The van der Waals surface area contributed by atoms with Crippen LogP contribution in [0.15, 0.2) is 30.5 Å². The summed E-state index contributed by atoms with van der Waals surface area (Å²) in [6, 6.07) is 3.82. The molecule has 1 aromatic heterocycles. The van der Waals surface area contributed by atoms with Gasteiger partial charge in [-0.3, -0.25) is 38.3 Å². The molecule has 1 saturated carbocycles. The van der Waals surface area contributed by atoms with Gasteiger partial charge in [0.25, 0.3) is 5.91 Å². The van der Waals surface area contributed by atoms with Gasteiger partial charge in [-0.05, 0) is 94.0 Å². The summed E-state index contributed by atoms with van der Waals surface area (Å²) in [7, 11) is 4.47. The minimum Gasteiger partial charge on any atom is -0.410 e. The Kier molecular flexibility index (Phi) is 24.0. The maximum Gasteiger partial charge on any atom is 0.415 e. The van der Waals surface area contributed by atoms with Gasteiger partial charge in [0.15, 0.2) is 5.78 Å². The molecule has 8 atom stereocenters. The molecule has 0 bridgehead atoms. The van der Waals surface area contributed by atoms with E-state index in [4.69, 9.17) is 14.2 Å². The number of ketones is 1. The molecule has 1 aromatic carbocycles. The molecule has 3 fully saturated rings. The lowest BCUT2D eigenvalue weighted by molar-refractivity contribution is -0.149. The van der Waals surface area contributed by atoms with Gasteiger partial charge in [-0.25, -0.2) is 13.2 Å². The first-order valence-corrected chi connectivity index (χ1v) is 31.0. The molecule has 2 aromatic rings. The number of carbonyl (C=O) groups is 6. The summed E-state index contributed by atoms with van der Waals surface area (Å²) in [6.45, 7) is 15.7. The molecule has 3 aliphatic rings. The van der Waals surface area contributed by atoms with Crippen LogP contribution in [0.1, 0.15) is 117 Å². The molecular formula is C55H86Br2N8O11S. The van der Waals surface area contributed by atoms with Crippen LogP contribution in [0.4, 0.5) is 4.79 Å². The van der Waals surface area contributed by atoms with Gasteiger partial charge >= 0.3 is 6.09 Å². The molecule has 0 spiro atoms. The highest BCUT2D eigenvalue weighted by Crippen LogP contribution is 2.32. The molecule has 0 unspecified atom stereocenters. The van der Waals surface area contributed by atoms with Crippen molar-refractivity contribution in [2.24, 2.45) is 35.5 Å². The Hall–Kier alpha value is -3.96. The first kappa shape index (κ1) is 63.9. The molecule has 22 heteroatoms. The largest absolute Gasteiger partial charge is 0.415 e. The number of rotatable bonds is 28. The third-order valence-electron chi connectivity index (χ3n) is 15.8. The highest BCUT2D eigenvalue weighted by atomic mass is 79.9. The van der Waals surface area contributed by atoms with E-state index in [0.29, 0.717) is 62.1 Å². The quantitative estimate of drug-likeness (QED) is 0.0863. The predicted molar refractivity (Wildman–Crippen MR) is 302 cm³/mol. The van der Waals surface area contributed by atoms with E-state index in [-0.39, 0.29) is 66.4 Å². The number of hydrogen-bond acceptors (Lipinski definition) is 13. The summed E-state index contributed by atoms with van der Waals surface area (Å²) in [4.78, 5) is 90.8. The van der Waals surface area contributed by atoms with Gasteiger partial charge in [-0.1, -0.05) is 92.5 Å². The maximum atomic E-state index is 14.5. The third-order valence-corrected chi connectivity index (χ3v) is 18.8. The molecule has 77 heavy (non-hydrogen) atoms. The number of piperidine rings is 1. The summed E-state index contributed by atoms with van der Waals surface area (Å²) in [5, 5.41) is 8.11. The van der Waals surface area contributed by atoms with Crippen molar-refractivity contribution >= 4 is 77.4 Å². The molecule has 5 amide bonds. The summed E-state index contributed by atoms with van der Waals surface area (Å²) in [6.07, 6.45) is 3.44. The van der Waals surface area contributed by atoms with Gasteiger partial charge in [0.05, 0.1) is 59.8 Å². The SMILES string of the molecule is CO[C@H]([C@@H](C)C(=O)N[C@@H](Cc1ccc(OC(=O)N2CCC(Cn3ncc(CBr)c3CBr)CC2)cc1)C(=O)NS(=O)(=O)C1CC1)[C@@H]1CCCN1C(=O)C[C@@H](OC)[C@H](C(C)C)N(C)C(=O)[C@@H](CC(=O)[C@H](C(C)C)N(C)C)C(C)C. The number of nitrogens with zero attached hydrogens (tertiary/aromatic N) is 6. The number of alkyl halides is 2. The number of carbonyl (C=O) groups excluding carboxylic acids is 6. The average Bonchev–Trinajstić information content (AvgIpc) is 4.03. The van der Waals surface area contributed by atoms with Crippen molar-refractivity contribution in [1.29, 1.82) is 0 Å². The highest BCUT2D eigenvalue weighted by molar-refractivity contribution is 9.09.